The van der Waals surface area contributed by atoms with Crippen LogP contribution in [0.3, 0.4) is 0 Å². The van der Waals surface area contributed by atoms with Gasteiger partial charge in [0.15, 0.2) is 6.29 Å². The quantitative estimate of drug-likeness (QED) is 0.112. The summed E-state index contributed by atoms with van der Waals surface area (Å²) in [5.41, 5.74) is 4.80. The first-order valence-corrected chi connectivity index (χ1v) is 13.1. The normalized spacial score (nSPS) is 11.9. The Morgan fingerprint density at radius 1 is 1.27 bits per heavy atom. The van der Waals surface area contributed by atoms with E-state index < -0.39 is 0 Å². The number of nitrogens with one attached hydrogen (secondary N) is 1. The largest absolute Gasteiger partial charge is 0.369 e. The second-order valence-corrected chi connectivity index (χ2v) is 9.70. The molecule has 1 aromatic carbocycles. The Morgan fingerprint density at radius 3 is 2.62 bits per heavy atom. The van der Waals surface area contributed by atoms with E-state index in [2.05, 4.69) is 30.4 Å². The SMILES string of the molecule is C=CCC(CCC)CNCCCC(=C)c1c(N(C)Cc2ccc(F)cc2)cnc(C=O)c1CCN(C)O. The number of likely N-dealkylation sites (N-methyl/N-ethyl adjacent to an activating group) is 1. The molecule has 1 atom stereocenters. The van der Waals surface area contributed by atoms with Crippen LogP contribution in [0.2, 0.25) is 0 Å². The van der Waals surface area contributed by atoms with E-state index in [0.717, 1.165) is 78.1 Å². The third-order valence-corrected chi connectivity index (χ3v) is 6.55. The summed E-state index contributed by atoms with van der Waals surface area (Å²) < 4.78 is 13.4. The molecular weight excluding hydrogens is 467 g/mol. The topological polar surface area (TPSA) is 68.7 Å². The summed E-state index contributed by atoms with van der Waals surface area (Å²) in [6.07, 6.45) is 9.96. The average molecular weight is 511 g/mol. The number of allylic oxidation sites excluding steroid dienone is 2. The molecule has 0 saturated carbocycles. The molecule has 0 saturated heterocycles. The maximum Gasteiger partial charge on any atom is 0.168 e. The number of rotatable bonds is 18. The van der Waals surface area contributed by atoms with Crippen molar-refractivity contribution in [2.45, 2.75) is 52.0 Å². The second-order valence-electron chi connectivity index (χ2n) is 9.70. The van der Waals surface area contributed by atoms with Crippen LogP contribution in [0, 0.1) is 11.7 Å². The van der Waals surface area contributed by atoms with Crippen LogP contribution in [0.5, 0.6) is 0 Å². The van der Waals surface area contributed by atoms with Crippen molar-refractivity contribution in [3.8, 4) is 0 Å². The van der Waals surface area contributed by atoms with Crippen molar-refractivity contribution in [3.05, 3.63) is 77.9 Å². The van der Waals surface area contributed by atoms with E-state index in [1.165, 1.54) is 18.6 Å². The van der Waals surface area contributed by atoms with Crippen LogP contribution in [0.4, 0.5) is 10.1 Å². The number of hydrogen-bond donors (Lipinski definition) is 2. The molecule has 0 fully saturated rings. The number of halogens is 1. The molecule has 2 aromatic rings. The van der Waals surface area contributed by atoms with Crippen molar-refractivity contribution in [1.82, 2.24) is 15.4 Å². The van der Waals surface area contributed by atoms with Gasteiger partial charge in [-0.2, -0.15) is 5.06 Å². The fourth-order valence-corrected chi connectivity index (χ4v) is 4.62. The monoisotopic (exact) mass is 510 g/mol. The van der Waals surface area contributed by atoms with Crippen LogP contribution in [-0.2, 0) is 13.0 Å². The van der Waals surface area contributed by atoms with Gasteiger partial charge in [-0.05, 0) is 79.9 Å². The highest BCUT2D eigenvalue weighted by Crippen LogP contribution is 2.33. The minimum atomic E-state index is -0.271. The van der Waals surface area contributed by atoms with Crippen molar-refractivity contribution in [3.63, 3.8) is 0 Å². The van der Waals surface area contributed by atoms with Gasteiger partial charge in [0.05, 0.1) is 11.9 Å². The van der Waals surface area contributed by atoms with Crippen molar-refractivity contribution in [2.24, 2.45) is 5.92 Å². The molecule has 1 heterocycles. The summed E-state index contributed by atoms with van der Waals surface area (Å²) in [6.45, 7) is 13.2. The highest BCUT2D eigenvalue weighted by Gasteiger charge is 2.20. The third-order valence-electron chi connectivity index (χ3n) is 6.55. The Balaban J connectivity index is 2.23. The summed E-state index contributed by atoms with van der Waals surface area (Å²) in [5.74, 6) is 0.335. The number of carbonyl (C=O) groups excluding carboxylic acids is 1. The molecule has 1 unspecified atom stereocenters. The highest BCUT2D eigenvalue weighted by molar-refractivity contribution is 5.84. The molecule has 1 aromatic heterocycles. The average Bonchev–Trinajstić information content (AvgIpc) is 2.87. The van der Waals surface area contributed by atoms with Gasteiger partial charge in [-0.3, -0.25) is 9.78 Å². The zero-order valence-corrected chi connectivity index (χ0v) is 22.7. The number of hydroxylamine groups is 2. The Morgan fingerprint density at radius 2 is 2.00 bits per heavy atom. The van der Waals surface area contributed by atoms with Gasteiger partial charge < -0.3 is 15.4 Å². The Kier molecular flexibility index (Phi) is 13.2. The van der Waals surface area contributed by atoms with Crippen molar-refractivity contribution in [2.75, 3.05) is 38.6 Å². The van der Waals surface area contributed by atoms with E-state index in [1.54, 1.807) is 25.4 Å². The van der Waals surface area contributed by atoms with E-state index >= 15 is 0 Å². The van der Waals surface area contributed by atoms with Crippen molar-refractivity contribution in [1.29, 1.82) is 0 Å². The molecule has 2 rings (SSSR count). The summed E-state index contributed by atoms with van der Waals surface area (Å²) in [7, 11) is 3.53. The number of nitrogens with zero attached hydrogens (tertiary/aromatic N) is 3. The summed E-state index contributed by atoms with van der Waals surface area (Å²) in [4.78, 5) is 18.4. The zero-order chi connectivity index (χ0) is 27.2. The lowest BCUT2D eigenvalue weighted by Crippen LogP contribution is -2.24. The summed E-state index contributed by atoms with van der Waals surface area (Å²) >= 11 is 0. The van der Waals surface area contributed by atoms with E-state index in [0.29, 0.717) is 31.1 Å². The Hall–Kier alpha value is -2.87. The fraction of sp³-hybridized carbons (Fsp3) is 0.467. The number of aromatic nitrogens is 1. The maximum absolute atomic E-state index is 13.4. The molecule has 2 N–H and O–H groups in total. The van der Waals surface area contributed by atoms with Crippen LogP contribution in [0.25, 0.3) is 5.57 Å². The molecule has 0 aliphatic carbocycles. The maximum atomic E-state index is 13.4. The van der Waals surface area contributed by atoms with Crippen molar-refractivity contribution >= 4 is 17.5 Å². The molecule has 0 amide bonds. The molecule has 0 aliphatic heterocycles. The van der Waals surface area contributed by atoms with Crippen LogP contribution >= 0.6 is 0 Å². The van der Waals surface area contributed by atoms with Gasteiger partial charge >= 0.3 is 0 Å². The Labute approximate surface area is 221 Å². The van der Waals surface area contributed by atoms with Gasteiger partial charge in [-0.15, -0.1) is 6.58 Å². The Bertz CT molecular complexity index is 1010. The predicted molar refractivity (Wildman–Crippen MR) is 151 cm³/mol. The van der Waals surface area contributed by atoms with Crippen LogP contribution < -0.4 is 10.2 Å². The minimum Gasteiger partial charge on any atom is -0.369 e. The molecule has 37 heavy (non-hydrogen) atoms. The lowest BCUT2D eigenvalue weighted by molar-refractivity contribution is -0.0634. The van der Waals surface area contributed by atoms with E-state index in [1.807, 2.05) is 18.0 Å². The standard InChI is InChI=1S/C30H43FN4O2/c1-6-9-24(10-7-2)19-32-17-8-11-23(3)30-27(16-18-35(5)37)28(22-36)33-20-29(30)34(4)21-25-12-14-26(31)15-13-25/h6,12-15,20,22,24,32,37H,1,3,7-11,16-19,21H2,2,4-5H3. The molecule has 0 radical (unpaired) electrons. The van der Waals surface area contributed by atoms with Gasteiger partial charge in [0.1, 0.15) is 11.5 Å². The number of carbonyl (C=O) groups is 1. The fourth-order valence-electron chi connectivity index (χ4n) is 4.62. The van der Waals surface area contributed by atoms with Crippen LogP contribution in [0.15, 0.2) is 49.7 Å². The molecule has 0 spiro atoms. The smallest absolute Gasteiger partial charge is 0.168 e. The molecule has 0 aliphatic rings. The van der Waals surface area contributed by atoms with E-state index in [-0.39, 0.29) is 5.82 Å². The summed E-state index contributed by atoms with van der Waals surface area (Å²) in [6, 6.07) is 6.43. The first-order chi connectivity index (χ1) is 17.8. The zero-order valence-electron chi connectivity index (χ0n) is 22.7. The first kappa shape index (κ1) is 30.4. The van der Waals surface area contributed by atoms with Crippen molar-refractivity contribution < 1.29 is 14.4 Å². The lowest BCUT2D eigenvalue weighted by atomic mass is 9.92. The van der Waals surface area contributed by atoms with Crippen LogP contribution in [0.1, 0.15) is 66.2 Å². The molecular formula is C30H43FN4O2. The molecule has 6 nitrogen and oxygen atoms in total. The number of pyridine rings is 1. The summed E-state index contributed by atoms with van der Waals surface area (Å²) in [5, 5.41) is 14.5. The number of anilines is 1. The minimum absolute atomic E-state index is 0.271. The first-order valence-electron chi connectivity index (χ1n) is 13.1. The van der Waals surface area contributed by atoms with E-state index in [4.69, 9.17) is 0 Å². The van der Waals surface area contributed by atoms with Gasteiger partial charge in [-0.1, -0.05) is 38.1 Å². The number of aldehydes is 1. The van der Waals surface area contributed by atoms with Gasteiger partial charge in [0.25, 0.3) is 0 Å². The van der Waals surface area contributed by atoms with Crippen LogP contribution in [-0.4, -0.2) is 55.3 Å². The molecule has 7 heteroatoms. The van der Waals surface area contributed by atoms with Gasteiger partial charge in [0, 0.05) is 32.7 Å². The number of benzene rings is 1. The lowest BCUT2D eigenvalue weighted by Gasteiger charge is -2.26. The van der Waals surface area contributed by atoms with Gasteiger partial charge in [0.2, 0.25) is 0 Å². The molecule has 0 bridgehead atoms. The molecule has 202 valence electrons. The predicted octanol–water partition coefficient (Wildman–Crippen LogP) is 5.91. The second kappa shape index (κ2) is 16.1. The van der Waals surface area contributed by atoms with E-state index in [9.17, 15) is 14.4 Å². The van der Waals surface area contributed by atoms with Gasteiger partial charge in [-0.25, -0.2) is 4.39 Å². The highest BCUT2D eigenvalue weighted by atomic mass is 19.1. The number of hydrogen-bond acceptors (Lipinski definition) is 6. The third kappa shape index (κ3) is 9.84.